The van der Waals surface area contributed by atoms with Crippen LogP contribution >= 0.6 is 11.6 Å². The highest BCUT2D eigenvalue weighted by Gasteiger charge is 2.19. The summed E-state index contributed by atoms with van der Waals surface area (Å²) in [5.74, 6) is -0.0142. The Morgan fingerprint density at radius 3 is 2.67 bits per heavy atom. The zero-order chi connectivity index (χ0) is 15.4. The van der Waals surface area contributed by atoms with Crippen LogP contribution in [0, 0.1) is 0 Å². The number of nitrogens with two attached hydrogens (primary N) is 1. The van der Waals surface area contributed by atoms with Crippen molar-refractivity contribution in [2.75, 3.05) is 12.8 Å². The summed E-state index contributed by atoms with van der Waals surface area (Å²) >= 11 is 6.18. The monoisotopic (exact) mass is 303 g/mol. The zero-order valence-electron chi connectivity index (χ0n) is 12.1. The molecule has 21 heavy (non-hydrogen) atoms. The van der Waals surface area contributed by atoms with Crippen LogP contribution in [0.2, 0.25) is 5.02 Å². The summed E-state index contributed by atoms with van der Waals surface area (Å²) in [7, 11) is 1.77. The van der Waals surface area contributed by atoms with Crippen LogP contribution in [-0.2, 0) is 11.2 Å². The van der Waals surface area contributed by atoms with Crippen LogP contribution in [0.15, 0.2) is 42.6 Å². The third kappa shape index (κ3) is 3.73. The first-order valence-corrected chi connectivity index (χ1v) is 7.07. The highest BCUT2D eigenvalue weighted by molar-refractivity contribution is 6.31. The SMILES string of the molecule is CC(c1ccccc1Cl)N(C)C(=O)Cc1ccc(N)cn1. The Kier molecular flexibility index (Phi) is 4.81. The predicted octanol–water partition coefficient (Wildman–Crippen LogP) is 3.08. The molecule has 0 aliphatic heterocycles. The number of hydrogen-bond donors (Lipinski definition) is 1. The highest BCUT2D eigenvalue weighted by atomic mass is 35.5. The fourth-order valence-electron chi connectivity index (χ4n) is 2.06. The average molecular weight is 304 g/mol. The van der Waals surface area contributed by atoms with E-state index in [0.29, 0.717) is 16.4 Å². The van der Waals surface area contributed by atoms with Crippen LogP contribution in [0.1, 0.15) is 24.2 Å². The number of halogens is 1. The first-order chi connectivity index (χ1) is 9.99. The summed E-state index contributed by atoms with van der Waals surface area (Å²) in [5.41, 5.74) is 7.80. The molecule has 1 aromatic carbocycles. The van der Waals surface area contributed by atoms with Crippen molar-refractivity contribution in [3.8, 4) is 0 Å². The minimum Gasteiger partial charge on any atom is -0.397 e. The van der Waals surface area contributed by atoms with Gasteiger partial charge in [-0.05, 0) is 30.7 Å². The predicted molar refractivity (Wildman–Crippen MR) is 85.0 cm³/mol. The molecule has 1 aromatic heterocycles. The molecule has 0 aliphatic rings. The van der Waals surface area contributed by atoms with E-state index in [0.717, 1.165) is 5.56 Å². The van der Waals surface area contributed by atoms with Crippen LogP contribution in [0.4, 0.5) is 5.69 Å². The average Bonchev–Trinajstić information content (AvgIpc) is 2.48. The Balaban J connectivity index is 2.08. The second-order valence-electron chi connectivity index (χ2n) is 4.96. The van der Waals surface area contributed by atoms with E-state index < -0.39 is 0 Å². The summed E-state index contributed by atoms with van der Waals surface area (Å²) in [5, 5.41) is 0.662. The number of carbonyl (C=O) groups is 1. The molecule has 0 bridgehead atoms. The van der Waals surface area contributed by atoms with Gasteiger partial charge in [0.05, 0.1) is 24.3 Å². The molecule has 0 aliphatic carbocycles. The molecule has 2 rings (SSSR count). The number of nitrogens with zero attached hydrogens (tertiary/aromatic N) is 2. The third-order valence-electron chi connectivity index (χ3n) is 3.51. The molecule has 110 valence electrons. The van der Waals surface area contributed by atoms with Gasteiger partial charge in [0.25, 0.3) is 0 Å². The lowest BCUT2D eigenvalue weighted by Gasteiger charge is -2.26. The van der Waals surface area contributed by atoms with Gasteiger partial charge in [-0.15, -0.1) is 0 Å². The molecule has 0 spiro atoms. The summed E-state index contributed by atoms with van der Waals surface area (Å²) in [6, 6.07) is 11.0. The molecule has 2 aromatic rings. The van der Waals surface area contributed by atoms with Gasteiger partial charge in [-0.1, -0.05) is 29.8 Å². The summed E-state index contributed by atoms with van der Waals surface area (Å²) in [6.45, 7) is 1.95. The molecule has 5 heteroatoms. The molecule has 1 unspecified atom stereocenters. The van der Waals surface area contributed by atoms with E-state index in [-0.39, 0.29) is 18.4 Å². The van der Waals surface area contributed by atoms with E-state index in [1.807, 2.05) is 31.2 Å². The molecule has 0 saturated carbocycles. The van der Waals surface area contributed by atoms with Crippen molar-refractivity contribution in [3.05, 3.63) is 58.9 Å². The van der Waals surface area contributed by atoms with Gasteiger partial charge in [-0.2, -0.15) is 0 Å². The van der Waals surface area contributed by atoms with Crippen LogP contribution < -0.4 is 5.73 Å². The van der Waals surface area contributed by atoms with Crippen molar-refractivity contribution in [2.24, 2.45) is 0 Å². The van der Waals surface area contributed by atoms with Gasteiger partial charge in [0.1, 0.15) is 0 Å². The van der Waals surface area contributed by atoms with E-state index in [1.54, 1.807) is 30.3 Å². The Bertz CT molecular complexity index is 628. The lowest BCUT2D eigenvalue weighted by atomic mass is 10.1. The van der Waals surface area contributed by atoms with Crippen LogP contribution in [0.3, 0.4) is 0 Å². The smallest absolute Gasteiger partial charge is 0.228 e. The van der Waals surface area contributed by atoms with Crippen molar-refractivity contribution in [3.63, 3.8) is 0 Å². The number of nitrogen functional groups attached to an aromatic ring is 1. The number of likely N-dealkylation sites (N-methyl/N-ethyl adjacent to an activating group) is 1. The van der Waals surface area contributed by atoms with Gasteiger partial charge < -0.3 is 10.6 Å². The molecular weight excluding hydrogens is 286 g/mol. The molecule has 1 heterocycles. The molecule has 4 nitrogen and oxygen atoms in total. The quantitative estimate of drug-likeness (QED) is 0.944. The minimum atomic E-state index is -0.0972. The topological polar surface area (TPSA) is 59.2 Å². The van der Waals surface area contributed by atoms with Crippen molar-refractivity contribution in [2.45, 2.75) is 19.4 Å². The van der Waals surface area contributed by atoms with Crippen LogP contribution in [0.5, 0.6) is 0 Å². The van der Waals surface area contributed by atoms with Gasteiger partial charge >= 0.3 is 0 Å². The number of pyridine rings is 1. The number of benzene rings is 1. The Morgan fingerprint density at radius 2 is 2.05 bits per heavy atom. The summed E-state index contributed by atoms with van der Waals surface area (Å²) < 4.78 is 0. The lowest BCUT2D eigenvalue weighted by molar-refractivity contribution is -0.131. The molecule has 0 fully saturated rings. The van der Waals surface area contributed by atoms with Gasteiger partial charge in [0.15, 0.2) is 0 Å². The normalized spacial score (nSPS) is 12.0. The third-order valence-corrected chi connectivity index (χ3v) is 3.85. The van der Waals surface area contributed by atoms with Crippen molar-refractivity contribution in [1.29, 1.82) is 0 Å². The first-order valence-electron chi connectivity index (χ1n) is 6.69. The summed E-state index contributed by atoms with van der Waals surface area (Å²) in [6.07, 6.45) is 1.80. The van der Waals surface area contributed by atoms with Crippen molar-refractivity contribution < 1.29 is 4.79 Å². The standard InChI is InChI=1S/C16H18ClN3O/c1-11(14-5-3-4-6-15(14)17)20(2)16(21)9-13-8-7-12(18)10-19-13/h3-8,10-11H,9,18H2,1-2H3. The second kappa shape index (κ2) is 6.59. The highest BCUT2D eigenvalue weighted by Crippen LogP contribution is 2.26. The fraction of sp³-hybridized carbons (Fsp3) is 0.250. The molecule has 0 radical (unpaired) electrons. The van der Waals surface area contributed by atoms with Crippen molar-refractivity contribution in [1.82, 2.24) is 9.88 Å². The van der Waals surface area contributed by atoms with E-state index >= 15 is 0 Å². The van der Waals surface area contributed by atoms with Gasteiger partial charge in [-0.3, -0.25) is 9.78 Å². The number of aromatic nitrogens is 1. The van der Waals surface area contributed by atoms with Crippen molar-refractivity contribution >= 4 is 23.2 Å². The molecule has 1 atom stereocenters. The van der Waals surface area contributed by atoms with E-state index in [2.05, 4.69) is 4.98 Å². The number of carbonyl (C=O) groups excluding carboxylic acids is 1. The van der Waals surface area contributed by atoms with Gasteiger partial charge in [0, 0.05) is 17.8 Å². The minimum absolute atomic E-state index is 0.0142. The fourth-order valence-corrected chi connectivity index (χ4v) is 2.35. The van der Waals surface area contributed by atoms with Crippen LogP contribution in [-0.4, -0.2) is 22.8 Å². The lowest BCUT2D eigenvalue weighted by Crippen LogP contribution is -2.31. The number of rotatable bonds is 4. The number of amides is 1. The van der Waals surface area contributed by atoms with E-state index in [1.165, 1.54) is 0 Å². The summed E-state index contributed by atoms with van der Waals surface area (Å²) in [4.78, 5) is 18.2. The van der Waals surface area contributed by atoms with E-state index in [9.17, 15) is 4.79 Å². The molecule has 1 amide bonds. The Hall–Kier alpha value is -2.07. The molecular formula is C16H18ClN3O. The van der Waals surface area contributed by atoms with Gasteiger partial charge in [-0.25, -0.2) is 0 Å². The van der Waals surface area contributed by atoms with E-state index in [4.69, 9.17) is 17.3 Å². The maximum Gasteiger partial charge on any atom is 0.228 e. The second-order valence-corrected chi connectivity index (χ2v) is 5.37. The first kappa shape index (κ1) is 15.3. The van der Waals surface area contributed by atoms with Gasteiger partial charge in [0.2, 0.25) is 5.91 Å². The molecule has 2 N–H and O–H groups in total. The Morgan fingerprint density at radius 1 is 1.33 bits per heavy atom. The maximum atomic E-state index is 12.3. The number of anilines is 1. The van der Waals surface area contributed by atoms with Crippen LogP contribution in [0.25, 0.3) is 0 Å². The number of hydrogen-bond acceptors (Lipinski definition) is 3. The Labute approximate surface area is 129 Å². The largest absolute Gasteiger partial charge is 0.397 e. The zero-order valence-corrected chi connectivity index (χ0v) is 12.8. The maximum absolute atomic E-state index is 12.3. The molecule has 0 saturated heterocycles.